The van der Waals surface area contributed by atoms with Crippen molar-refractivity contribution in [3.8, 4) is 0 Å². The van der Waals surface area contributed by atoms with E-state index in [1.165, 1.54) is 20.0 Å². The molecule has 1 unspecified atom stereocenters. The summed E-state index contributed by atoms with van der Waals surface area (Å²) in [5, 5.41) is 0. The summed E-state index contributed by atoms with van der Waals surface area (Å²) in [6.45, 7) is 1.76. The Labute approximate surface area is 115 Å². The fraction of sp³-hybridized carbons (Fsp3) is 0.933. The van der Waals surface area contributed by atoms with E-state index in [1.54, 1.807) is 0 Å². The number of carbonyl (C=O) groups is 1. The first-order valence-corrected chi connectivity index (χ1v) is 7.60. The maximum Gasteiger partial charge on any atom is 0.308 e. The number of hydrogen-bond acceptors (Lipinski definition) is 4. The summed E-state index contributed by atoms with van der Waals surface area (Å²) in [5.74, 6) is 0.0357. The normalized spacial score (nSPS) is 31.3. The fourth-order valence-electron chi connectivity index (χ4n) is 3.06. The lowest BCUT2D eigenvalue weighted by Gasteiger charge is -2.27. The topological polar surface area (TPSA) is 44.8 Å². The van der Waals surface area contributed by atoms with Crippen LogP contribution in [0, 0.1) is 5.92 Å². The molecule has 0 spiro atoms. The van der Waals surface area contributed by atoms with Crippen molar-refractivity contribution < 1.29 is 19.0 Å². The van der Waals surface area contributed by atoms with Gasteiger partial charge < -0.3 is 14.2 Å². The smallest absolute Gasteiger partial charge is 0.308 e. The van der Waals surface area contributed by atoms with Crippen molar-refractivity contribution in [3.63, 3.8) is 0 Å². The second kappa shape index (κ2) is 7.85. The van der Waals surface area contributed by atoms with Crippen LogP contribution in [0.5, 0.6) is 0 Å². The zero-order valence-electron chi connectivity index (χ0n) is 11.9. The molecule has 2 fully saturated rings. The van der Waals surface area contributed by atoms with Gasteiger partial charge in [-0.1, -0.05) is 0 Å². The fourth-order valence-corrected chi connectivity index (χ4v) is 3.06. The van der Waals surface area contributed by atoms with Gasteiger partial charge in [-0.05, 0) is 51.4 Å². The molecule has 0 bridgehead atoms. The predicted molar refractivity (Wildman–Crippen MR) is 71.9 cm³/mol. The minimum Gasteiger partial charge on any atom is -0.469 e. The second-order valence-corrected chi connectivity index (χ2v) is 5.64. The number of methoxy groups -OCH3 is 1. The minimum atomic E-state index is -0.0585. The van der Waals surface area contributed by atoms with Gasteiger partial charge in [-0.15, -0.1) is 0 Å². The SMILES string of the molecule is COC(=O)C1CCC(OCCCC2CCCO2)CC1. The molecule has 0 aromatic rings. The van der Waals surface area contributed by atoms with Crippen LogP contribution in [-0.4, -0.2) is 38.5 Å². The summed E-state index contributed by atoms with van der Waals surface area (Å²) in [5.41, 5.74) is 0. The molecule has 1 saturated heterocycles. The Kier molecular flexibility index (Phi) is 6.11. The average molecular weight is 270 g/mol. The first-order chi connectivity index (χ1) is 9.29. The van der Waals surface area contributed by atoms with Gasteiger partial charge in [0.1, 0.15) is 0 Å². The molecule has 4 nitrogen and oxygen atoms in total. The van der Waals surface area contributed by atoms with Crippen molar-refractivity contribution in [2.75, 3.05) is 20.3 Å². The Hall–Kier alpha value is -0.610. The Balaban J connectivity index is 1.52. The van der Waals surface area contributed by atoms with E-state index in [1.807, 2.05) is 0 Å². The quantitative estimate of drug-likeness (QED) is 0.550. The van der Waals surface area contributed by atoms with Crippen molar-refractivity contribution >= 4 is 5.97 Å². The van der Waals surface area contributed by atoms with Crippen LogP contribution in [0.25, 0.3) is 0 Å². The summed E-state index contributed by atoms with van der Waals surface area (Å²) in [6, 6.07) is 0. The Morgan fingerprint density at radius 1 is 1.21 bits per heavy atom. The van der Waals surface area contributed by atoms with Gasteiger partial charge in [0.25, 0.3) is 0 Å². The maximum absolute atomic E-state index is 11.4. The van der Waals surface area contributed by atoms with E-state index < -0.39 is 0 Å². The Bertz CT molecular complexity index is 265. The third-order valence-electron chi connectivity index (χ3n) is 4.26. The van der Waals surface area contributed by atoms with E-state index in [4.69, 9.17) is 14.2 Å². The molecule has 0 aromatic heterocycles. The van der Waals surface area contributed by atoms with Crippen LogP contribution in [0.3, 0.4) is 0 Å². The molecule has 2 aliphatic rings. The molecule has 1 heterocycles. The third kappa shape index (κ3) is 4.77. The summed E-state index contributed by atoms with van der Waals surface area (Å²) < 4.78 is 16.3. The molecular formula is C15H26O4. The number of hydrogen-bond donors (Lipinski definition) is 0. The van der Waals surface area contributed by atoms with Crippen molar-refractivity contribution in [1.82, 2.24) is 0 Å². The standard InChI is InChI=1S/C15H26O4/c1-17-15(16)12-6-8-14(9-7-12)19-11-3-5-13-4-2-10-18-13/h12-14H,2-11H2,1H3. The maximum atomic E-state index is 11.4. The number of esters is 1. The van der Waals surface area contributed by atoms with Crippen LogP contribution in [0.4, 0.5) is 0 Å². The van der Waals surface area contributed by atoms with E-state index in [-0.39, 0.29) is 11.9 Å². The molecule has 19 heavy (non-hydrogen) atoms. The van der Waals surface area contributed by atoms with Crippen LogP contribution in [0.2, 0.25) is 0 Å². The van der Waals surface area contributed by atoms with Gasteiger partial charge in [-0.2, -0.15) is 0 Å². The first kappa shape index (κ1) is 14.8. The van der Waals surface area contributed by atoms with E-state index in [0.29, 0.717) is 12.2 Å². The predicted octanol–water partition coefficient (Wildman–Crippen LogP) is 2.69. The third-order valence-corrected chi connectivity index (χ3v) is 4.26. The summed E-state index contributed by atoms with van der Waals surface area (Å²) in [7, 11) is 1.47. The lowest BCUT2D eigenvalue weighted by molar-refractivity contribution is -0.147. The number of carbonyl (C=O) groups excluding carboxylic acids is 1. The average Bonchev–Trinajstić information content (AvgIpc) is 2.96. The highest BCUT2D eigenvalue weighted by molar-refractivity contribution is 5.72. The van der Waals surface area contributed by atoms with Crippen molar-refractivity contribution in [3.05, 3.63) is 0 Å². The van der Waals surface area contributed by atoms with Gasteiger partial charge in [0.05, 0.1) is 25.2 Å². The zero-order valence-corrected chi connectivity index (χ0v) is 11.9. The zero-order chi connectivity index (χ0) is 13.5. The van der Waals surface area contributed by atoms with Gasteiger partial charge in [-0.25, -0.2) is 0 Å². The Morgan fingerprint density at radius 3 is 2.63 bits per heavy atom. The molecule has 1 atom stereocenters. The van der Waals surface area contributed by atoms with Crippen molar-refractivity contribution in [1.29, 1.82) is 0 Å². The lowest BCUT2D eigenvalue weighted by atomic mass is 9.87. The lowest BCUT2D eigenvalue weighted by Crippen LogP contribution is -2.27. The molecular weight excluding hydrogens is 244 g/mol. The molecule has 4 heteroatoms. The largest absolute Gasteiger partial charge is 0.469 e. The summed E-state index contributed by atoms with van der Waals surface area (Å²) >= 11 is 0. The molecule has 1 aliphatic carbocycles. The first-order valence-electron chi connectivity index (χ1n) is 7.60. The highest BCUT2D eigenvalue weighted by atomic mass is 16.5. The molecule has 0 N–H and O–H groups in total. The molecule has 110 valence electrons. The van der Waals surface area contributed by atoms with Gasteiger partial charge in [-0.3, -0.25) is 4.79 Å². The molecule has 2 rings (SSSR count). The van der Waals surface area contributed by atoms with E-state index >= 15 is 0 Å². The molecule has 0 radical (unpaired) electrons. The summed E-state index contributed by atoms with van der Waals surface area (Å²) in [6.07, 6.45) is 9.22. The monoisotopic (exact) mass is 270 g/mol. The van der Waals surface area contributed by atoms with Crippen LogP contribution in [-0.2, 0) is 19.0 Å². The van der Waals surface area contributed by atoms with E-state index in [2.05, 4.69) is 0 Å². The number of rotatable bonds is 6. The van der Waals surface area contributed by atoms with Crippen LogP contribution in [0.1, 0.15) is 51.4 Å². The van der Waals surface area contributed by atoms with Gasteiger partial charge >= 0.3 is 5.97 Å². The van der Waals surface area contributed by atoms with Crippen molar-refractivity contribution in [2.45, 2.75) is 63.6 Å². The Morgan fingerprint density at radius 2 is 2.00 bits per heavy atom. The van der Waals surface area contributed by atoms with Gasteiger partial charge in [0.15, 0.2) is 0 Å². The molecule has 1 aliphatic heterocycles. The number of ether oxygens (including phenoxy) is 3. The van der Waals surface area contributed by atoms with Crippen molar-refractivity contribution in [2.24, 2.45) is 5.92 Å². The summed E-state index contributed by atoms with van der Waals surface area (Å²) in [4.78, 5) is 11.4. The molecule has 0 amide bonds. The van der Waals surface area contributed by atoms with Crippen LogP contribution in [0.15, 0.2) is 0 Å². The van der Waals surface area contributed by atoms with Crippen LogP contribution >= 0.6 is 0 Å². The van der Waals surface area contributed by atoms with Crippen LogP contribution < -0.4 is 0 Å². The highest BCUT2D eigenvalue weighted by Crippen LogP contribution is 2.27. The minimum absolute atomic E-state index is 0.0585. The molecule has 1 saturated carbocycles. The van der Waals surface area contributed by atoms with E-state index in [9.17, 15) is 4.79 Å². The molecule has 0 aromatic carbocycles. The van der Waals surface area contributed by atoms with Gasteiger partial charge in [0, 0.05) is 13.2 Å². The highest BCUT2D eigenvalue weighted by Gasteiger charge is 2.27. The van der Waals surface area contributed by atoms with Gasteiger partial charge in [0.2, 0.25) is 0 Å². The second-order valence-electron chi connectivity index (χ2n) is 5.64. The van der Waals surface area contributed by atoms with E-state index in [0.717, 1.165) is 51.7 Å².